The monoisotopic (exact) mass is 1040 g/mol. The molecule has 0 aliphatic carbocycles. The van der Waals surface area contributed by atoms with Gasteiger partial charge in [-0.1, -0.05) is 0 Å². The normalized spacial score (nSPS) is 1.23. The molecule has 0 aromatic rings. The van der Waals surface area contributed by atoms with Gasteiger partial charge in [-0.15, -0.1) is 0 Å². The van der Waals surface area contributed by atoms with Gasteiger partial charge in [-0.3, -0.25) is 0 Å². The Balaban J connectivity index is -0.00000000469. The molecule has 0 unspecified atom stereocenters. The van der Waals surface area contributed by atoms with Crippen molar-refractivity contribution in [1.29, 1.82) is 0 Å². The summed E-state index contributed by atoms with van der Waals surface area (Å²) in [7, 11) is 0. The summed E-state index contributed by atoms with van der Waals surface area (Å²) in [5.41, 5.74) is 0. The van der Waals surface area contributed by atoms with E-state index in [1.54, 1.807) is 0 Å². The van der Waals surface area contributed by atoms with Crippen molar-refractivity contribution in [1.82, 2.24) is 0 Å². The third kappa shape index (κ3) is 36200. The van der Waals surface area contributed by atoms with Crippen LogP contribution in [0.4, 0.5) is 0 Å². The molecule has 0 atom stereocenters. The fourth-order valence-corrected chi connectivity index (χ4v) is 0. The molecule has 0 saturated carbocycles. The van der Waals surface area contributed by atoms with Crippen LogP contribution in [-0.4, -0.2) is 44.6 Å². The predicted molar refractivity (Wildman–Crippen MR) is 94.9 cm³/mol. The van der Waals surface area contributed by atoms with Crippen LogP contribution in [0.2, 0.25) is 2.52 Å². The zero-order valence-corrected chi connectivity index (χ0v) is 31.1. The first kappa shape index (κ1) is 214. The van der Waals surface area contributed by atoms with Crippen LogP contribution in [0, 0.1) is 133 Å². The van der Waals surface area contributed by atoms with E-state index in [9.17, 15) is 0 Å². The van der Waals surface area contributed by atoms with Crippen LogP contribution in [0.25, 0.3) is 0 Å². The van der Waals surface area contributed by atoms with Crippen molar-refractivity contribution in [3.8, 4) is 0 Å². The van der Waals surface area contributed by atoms with E-state index in [2.05, 4.69) is 178 Å². The van der Waals surface area contributed by atoms with E-state index in [4.69, 9.17) is 93.0 Å². The van der Waals surface area contributed by atoms with E-state index in [-0.39, 0.29) is 69.4 Å². The van der Waals surface area contributed by atoms with Gasteiger partial charge in [0.15, 0.2) is 0 Å². The van der Waals surface area contributed by atoms with Crippen LogP contribution in [0.15, 0.2) is 0 Å². The maximum absolute atomic E-state index is 7.50. The minimum atomic E-state index is 0. The van der Waals surface area contributed by atoms with Crippen molar-refractivity contribution >= 4 is 44.6 Å². The SMILES string of the molecule is [C-]#[O+].[C-]#[O+].[C-]#[O+].[C-]#[O+].[C-]#[O+].[C-]#[O+].[C-]#[O+].[C-]#[O+].[C-]#[O+].[C-]#[O+].[C-]#[O+].[C-]#[O+].[C-]#[O+].[C-]#[O+].[C-]#[O+].[C-]#[O+].[C-]#[O+].[C-]#[O+].[C-]#[O+].[C-]#[O+].[Cr].[Cr].[Cr].[Cr].[Te]C[Te]. The summed E-state index contributed by atoms with van der Waals surface area (Å²) in [6.45, 7) is 90.0. The number of rotatable bonds is 0. The molecule has 242 valence electrons. The first-order chi connectivity index (χ1) is 21.4. The molecule has 26 heteroatoms. The van der Waals surface area contributed by atoms with Gasteiger partial charge in [0, 0.05) is 69.4 Å². The summed E-state index contributed by atoms with van der Waals surface area (Å²) in [6, 6.07) is 0. The molecular formula is C21H2Cr4O20Te2. The Morgan fingerprint density at radius 3 is 0.170 bits per heavy atom. The summed E-state index contributed by atoms with van der Waals surface area (Å²) < 4.78 is 151. The Morgan fingerprint density at radius 1 is 0.170 bits per heavy atom. The van der Waals surface area contributed by atoms with Gasteiger partial charge in [0.1, 0.15) is 0 Å². The van der Waals surface area contributed by atoms with E-state index in [0.29, 0.717) is 0 Å². The van der Waals surface area contributed by atoms with Gasteiger partial charge in [-0.2, -0.15) is 0 Å². The standard InChI is InChI=1S/20CO.CH2Te2.4Cr/c20*1-2;2-1-3;;;;/h;;;;;;;;;;;;;;;;;;;;1H2;;;;. The van der Waals surface area contributed by atoms with Crippen LogP contribution in [0.3, 0.4) is 0 Å². The molecule has 0 aliphatic heterocycles. The topological polar surface area (TPSA) is 398 Å². The van der Waals surface area contributed by atoms with Crippen molar-refractivity contribution in [3.63, 3.8) is 0 Å². The molecule has 0 spiro atoms. The van der Waals surface area contributed by atoms with Gasteiger partial charge in [0.05, 0.1) is 0 Å². The molecule has 0 aliphatic rings. The molecule has 0 saturated heterocycles. The van der Waals surface area contributed by atoms with Crippen molar-refractivity contribution in [2.45, 2.75) is 2.52 Å². The average molecular weight is 1040 g/mol. The molecule has 20 nitrogen and oxygen atoms in total. The Labute approximate surface area is 339 Å². The fourth-order valence-electron chi connectivity index (χ4n) is 0. The van der Waals surface area contributed by atoms with E-state index in [1.807, 2.05) is 0 Å². The van der Waals surface area contributed by atoms with Crippen molar-refractivity contribution in [3.05, 3.63) is 133 Å². The Hall–Kier alpha value is -1.49. The second-order valence-corrected chi connectivity index (χ2v) is 5.30. The summed E-state index contributed by atoms with van der Waals surface area (Å²) in [6.07, 6.45) is 0. The minimum absolute atomic E-state index is 0. The molecule has 0 aromatic carbocycles. The van der Waals surface area contributed by atoms with Crippen molar-refractivity contribution < 1.29 is 162 Å². The third-order valence-electron chi connectivity index (χ3n) is 0. The molecular weight excluding hydrogens is 1040 g/mol. The van der Waals surface area contributed by atoms with Gasteiger partial charge >= 0.3 is 273 Å². The van der Waals surface area contributed by atoms with Crippen LogP contribution in [0.1, 0.15) is 0 Å². The molecule has 0 aromatic heterocycles. The summed E-state index contributed by atoms with van der Waals surface area (Å²) in [5, 5.41) is 0. The van der Waals surface area contributed by atoms with E-state index in [1.165, 1.54) is 2.52 Å². The first-order valence-electron chi connectivity index (χ1n) is 4.66. The molecule has 0 fully saturated rings. The van der Waals surface area contributed by atoms with E-state index >= 15 is 0 Å². The molecule has 0 heterocycles. The second kappa shape index (κ2) is 350000. The molecule has 0 rings (SSSR count). The predicted octanol–water partition coefficient (Wildman–Crippen LogP) is -1.06. The van der Waals surface area contributed by atoms with Crippen molar-refractivity contribution in [2.24, 2.45) is 0 Å². The number of hydrogen-bond acceptors (Lipinski definition) is 0. The van der Waals surface area contributed by atoms with Gasteiger partial charge in [-0.05, 0) is 0 Å². The molecule has 0 N–H and O–H groups in total. The van der Waals surface area contributed by atoms with Gasteiger partial charge in [0.25, 0.3) is 0 Å². The van der Waals surface area contributed by atoms with Crippen LogP contribution in [0.5, 0.6) is 0 Å². The van der Waals surface area contributed by atoms with Crippen molar-refractivity contribution in [2.75, 3.05) is 0 Å². The van der Waals surface area contributed by atoms with Gasteiger partial charge in [-0.25, -0.2) is 0 Å². The third-order valence-corrected chi connectivity index (χ3v) is 0. The fraction of sp³-hybridized carbons (Fsp3) is 0.0476. The van der Waals surface area contributed by atoms with Crippen LogP contribution < -0.4 is 0 Å². The summed E-state index contributed by atoms with van der Waals surface area (Å²) >= 11 is 4.15. The summed E-state index contributed by atoms with van der Waals surface area (Å²) in [5.74, 6) is 0. The Kier molecular flexibility index (Phi) is 1590000. The molecule has 47 heavy (non-hydrogen) atoms. The van der Waals surface area contributed by atoms with E-state index in [0.717, 1.165) is 0 Å². The van der Waals surface area contributed by atoms with Gasteiger partial charge in [0.2, 0.25) is 0 Å². The zero-order valence-electron chi connectivity index (χ0n) is 21.3. The van der Waals surface area contributed by atoms with Crippen LogP contribution >= 0.6 is 0 Å². The average Bonchev–Trinajstić information content (AvgIpc) is 3.24. The van der Waals surface area contributed by atoms with E-state index < -0.39 is 0 Å². The zero-order chi connectivity index (χ0) is 42.7. The quantitative estimate of drug-likeness (QED) is 0.159. The maximum atomic E-state index is 7.50. The van der Waals surface area contributed by atoms with Gasteiger partial charge < -0.3 is 0 Å². The Morgan fingerprint density at radius 2 is 0.170 bits per heavy atom. The van der Waals surface area contributed by atoms with Crippen LogP contribution in [-0.2, 0) is 162 Å². The second-order valence-electron chi connectivity index (χ2n) is 0.118. The first-order valence-corrected chi connectivity index (χ1v) is 7.96. The molecule has 0 amide bonds. The number of hydrogen-bond donors (Lipinski definition) is 0. The molecule has 0 bridgehead atoms. The molecule has 2 radical (unpaired) electrons. The summed E-state index contributed by atoms with van der Waals surface area (Å²) in [4.78, 5) is 0. The Bertz CT molecular complexity index is 442.